The molecule has 0 saturated carbocycles. The van der Waals surface area contributed by atoms with Crippen LogP contribution in [0.4, 0.5) is 0 Å². The number of sulfone groups is 1. The molecule has 8 heteroatoms. The molecule has 1 fully saturated rings. The molecule has 1 aliphatic rings. The number of hydrogen-bond acceptors (Lipinski definition) is 5. The lowest BCUT2D eigenvalue weighted by molar-refractivity contribution is -0.143. The van der Waals surface area contributed by atoms with Gasteiger partial charge in [-0.1, -0.05) is 6.92 Å². The first kappa shape index (κ1) is 14.9. The van der Waals surface area contributed by atoms with E-state index in [9.17, 15) is 18.0 Å². The van der Waals surface area contributed by atoms with Crippen molar-refractivity contribution in [1.82, 2.24) is 10.2 Å². The third kappa shape index (κ3) is 4.26. The molecule has 7 nitrogen and oxygen atoms in total. The van der Waals surface area contributed by atoms with Crippen molar-refractivity contribution in [1.29, 1.82) is 0 Å². The van der Waals surface area contributed by atoms with E-state index in [-0.39, 0.29) is 30.4 Å². The lowest BCUT2D eigenvalue weighted by Gasteiger charge is -2.33. The molecule has 1 rings (SSSR count). The highest BCUT2D eigenvalue weighted by Crippen LogP contribution is 2.09. The van der Waals surface area contributed by atoms with Crippen LogP contribution in [-0.4, -0.2) is 67.5 Å². The maximum atomic E-state index is 11.6. The first-order chi connectivity index (χ1) is 8.35. The second-order valence-corrected chi connectivity index (χ2v) is 6.65. The molecular formula is C10H18N2O5S. The molecule has 0 aliphatic carbocycles. The molecule has 0 aromatic carbocycles. The molecule has 2 N–H and O–H groups in total. The zero-order valence-electron chi connectivity index (χ0n) is 10.3. The van der Waals surface area contributed by atoms with E-state index in [1.807, 2.05) is 0 Å². The summed E-state index contributed by atoms with van der Waals surface area (Å²) in [7, 11) is -3.11. The van der Waals surface area contributed by atoms with Crippen molar-refractivity contribution >= 4 is 21.7 Å². The zero-order chi connectivity index (χ0) is 13.8. The monoisotopic (exact) mass is 278 g/mol. The molecule has 1 unspecified atom stereocenters. The van der Waals surface area contributed by atoms with Crippen LogP contribution in [0, 0.1) is 0 Å². The molecule has 1 amide bonds. The predicted octanol–water partition coefficient (Wildman–Crippen LogP) is -1.30. The Morgan fingerprint density at radius 3 is 2.78 bits per heavy atom. The van der Waals surface area contributed by atoms with Crippen molar-refractivity contribution in [3.8, 4) is 0 Å². The van der Waals surface area contributed by atoms with E-state index in [1.54, 1.807) is 11.8 Å². The van der Waals surface area contributed by atoms with Crippen molar-refractivity contribution in [2.24, 2.45) is 0 Å². The minimum atomic E-state index is -3.11. The average Bonchev–Trinajstić information content (AvgIpc) is 2.29. The Kier molecular flexibility index (Phi) is 5.09. The summed E-state index contributed by atoms with van der Waals surface area (Å²) in [5.41, 5.74) is 0. The van der Waals surface area contributed by atoms with Gasteiger partial charge in [-0.05, 0) is 0 Å². The van der Waals surface area contributed by atoms with Crippen molar-refractivity contribution in [2.45, 2.75) is 19.4 Å². The van der Waals surface area contributed by atoms with Gasteiger partial charge in [-0.2, -0.15) is 0 Å². The summed E-state index contributed by atoms with van der Waals surface area (Å²) in [6.07, 6.45) is -0.308. The number of aliphatic carboxylic acids is 1. The van der Waals surface area contributed by atoms with Crippen LogP contribution in [0.15, 0.2) is 0 Å². The number of carbonyl (C=O) groups excluding carboxylic acids is 1. The van der Waals surface area contributed by atoms with Gasteiger partial charge in [0.2, 0.25) is 5.91 Å². The molecule has 18 heavy (non-hydrogen) atoms. The smallest absolute Gasteiger partial charge is 0.305 e. The van der Waals surface area contributed by atoms with Crippen LogP contribution >= 0.6 is 0 Å². The lowest BCUT2D eigenvalue weighted by atomic mass is 10.1. The van der Waals surface area contributed by atoms with Crippen molar-refractivity contribution in [2.75, 3.05) is 31.1 Å². The van der Waals surface area contributed by atoms with Crippen LogP contribution < -0.4 is 5.32 Å². The molecule has 1 atom stereocenters. The van der Waals surface area contributed by atoms with Crippen LogP contribution in [0.3, 0.4) is 0 Å². The standard InChI is InChI=1S/C10H18N2O5S/c1-2-18(16,17)6-5-12-4-3-11-10(15)8(12)7-9(13)14/h8H,2-7H2,1H3,(H,11,15)(H,13,14). The number of carboxylic acid groups (broad SMARTS) is 1. The average molecular weight is 278 g/mol. The van der Waals surface area contributed by atoms with Gasteiger partial charge >= 0.3 is 5.97 Å². The Balaban J connectivity index is 2.65. The summed E-state index contributed by atoms with van der Waals surface area (Å²) in [5, 5.41) is 11.3. The summed E-state index contributed by atoms with van der Waals surface area (Å²) in [6.45, 7) is 2.65. The van der Waals surface area contributed by atoms with Gasteiger partial charge in [0.25, 0.3) is 0 Å². The van der Waals surface area contributed by atoms with Gasteiger partial charge in [-0.15, -0.1) is 0 Å². The highest BCUT2D eigenvalue weighted by molar-refractivity contribution is 7.91. The second-order valence-electron chi connectivity index (χ2n) is 4.18. The van der Waals surface area contributed by atoms with Gasteiger partial charge in [-0.3, -0.25) is 14.5 Å². The SMILES string of the molecule is CCS(=O)(=O)CCN1CCNC(=O)C1CC(=O)O. The minimum absolute atomic E-state index is 0.0487. The number of hydrogen-bond donors (Lipinski definition) is 2. The maximum Gasteiger partial charge on any atom is 0.305 e. The fraction of sp³-hybridized carbons (Fsp3) is 0.800. The van der Waals surface area contributed by atoms with Gasteiger partial charge in [0.15, 0.2) is 9.84 Å². The number of carbonyl (C=O) groups is 2. The van der Waals surface area contributed by atoms with E-state index in [0.717, 1.165) is 0 Å². The molecule has 0 radical (unpaired) electrons. The quantitative estimate of drug-likeness (QED) is 0.625. The second kappa shape index (κ2) is 6.14. The molecule has 0 aromatic rings. The largest absolute Gasteiger partial charge is 0.481 e. The highest BCUT2D eigenvalue weighted by atomic mass is 32.2. The minimum Gasteiger partial charge on any atom is -0.481 e. The summed E-state index contributed by atoms with van der Waals surface area (Å²) in [6, 6.07) is -0.775. The normalized spacial score (nSPS) is 21.6. The first-order valence-electron chi connectivity index (χ1n) is 5.79. The van der Waals surface area contributed by atoms with E-state index in [0.29, 0.717) is 13.1 Å². The number of carboxylic acids is 1. The van der Waals surface area contributed by atoms with Crippen LogP contribution in [-0.2, 0) is 19.4 Å². The number of rotatable bonds is 6. The molecule has 0 spiro atoms. The summed E-state index contributed by atoms with van der Waals surface area (Å²) in [5.74, 6) is -1.42. The Morgan fingerprint density at radius 1 is 1.56 bits per heavy atom. The third-order valence-electron chi connectivity index (χ3n) is 2.94. The van der Waals surface area contributed by atoms with Crippen LogP contribution in [0.2, 0.25) is 0 Å². The highest BCUT2D eigenvalue weighted by Gasteiger charge is 2.31. The number of nitrogens with one attached hydrogen (secondary N) is 1. The van der Waals surface area contributed by atoms with Crippen LogP contribution in [0.25, 0.3) is 0 Å². The first-order valence-corrected chi connectivity index (χ1v) is 7.62. The molecule has 1 saturated heterocycles. The Morgan fingerprint density at radius 2 is 2.22 bits per heavy atom. The lowest BCUT2D eigenvalue weighted by Crippen LogP contribution is -2.56. The Labute approximate surface area is 106 Å². The topological polar surface area (TPSA) is 104 Å². The summed E-state index contributed by atoms with van der Waals surface area (Å²) >= 11 is 0. The molecular weight excluding hydrogens is 260 g/mol. The fourth-order valence-corrected chi connectivity index (χ4v) is 2.62. The van der Waals surface area contributed by atoms with Gasteiger partial charge in [0.05, 0.1) is 18.2 Å². The van der Waals surface area contributed by atoms with E-state index in [2.05, 4.69) is 5.32 Å². The molecule has 104 valence electrons. The fourth-order valence-electron chi connectivity index (χ4n) is 1.82. The van der Waals surface area contributed by atoms with Gasteiger partial charge in [0, 0.05) is 25.4 Å². The summed E-state index contributed by atoms with van der Waals surface area (Å²) in [4.78, 5) is 23.9. The Hall–Kier alpha value is -1.15. The third-order valence-corrected chi connectivity index (χ3v) is 4.62. The number of amides is 1. The summed E-state index contributed by atoms with van der Waals surface area (Å²) < 4.78 is 22.8. The zero-order valence-corrected chi connectivity index (χ0v) is 11.1. The van der Waals surface area contributed by atoms with E-state index in [1.165, 1.54) is 0 Å². The molecule has 0 bridgehead atoms. The van der Waals surface area contributed by atoms with Crippen molar-refractivity contribution in [3.05, 3.63) is 0 Å². The van der Waals surface area contributed by atoms with Crippen molar-refractivity contribution < 1.29 is 23.1 Å². The predicted molar refractivity (Wildman–Crippen MR) is 65.0 cm³/mol. The van der Waals surface area contributed by atoms with E-state index in [4.69, 9.17) is 5.11 Å². The Bertz CT molecular complexity index is 420. The van der Waals surface area contributed by atoms with E-state index >= 15 is 0 Å². The van der Waals surface area contributed by atoms with Gasteiger partial charge < -0.3 is 10.4 Å². The van der Waals surface area contributed by atoms with Gasteiger partial charge in [-0.25, -0.2) is 8.42 Å². The van der Waals surface area contributed by atoms with Crippen LogP contribution in [0.1, 0.15) is 13.3 Å². The maximum absolute atomic E-state index is 11.6. The van der Waals surface area contributed by atoms with E-state index < -0.39 is 21.8 Å². The van der Waals surface area contributed by atoms with Crippen molar-refractivity contribution in [3.63, 3.8) is 0 Å². The molecule has 0 aromatic heterocycles. The van der Waals surface area contributed by atoms with Gasteiger partial charge in [0.1, 0.15) is 0 Å². The number of nitrogens with zero attached hydrogens (tertiary/aromatic N) is 1. The molecule has 1 aliphatic heterocycles. The molecule has 1 heterocycles. The van der Waals surface area contributed by atoms with Crippen LogP contribution in [0.5, 0.6) is 0 Å². The number of piperazine rings is 1.